The van der Waals surface area contributed by atoms with Gasteiger partial charge in [0.25, 0.3) is 0 Å². The van der Waals surface area contributed by atoms with Gasteiger partial charge in [0.1, 0.15) is 0 Å². The van der Waals surface area contributed by atoms with Crippen molar-refractivity contribution in [2.45, 2.75) is 25.4 Å². The zero-order valence-corrected chi connectivity index (χ0v) is 10.4. The lowest BCUT2D eigenvalue weighted by Gasteiger charge is -2.19. The van der Waals surface area contributed by atoms with Gasteiger partial charge in [-0.1, -0.05) is 6.42 Å². The summed E-state index contributed by atoms with van der Waals surface area (Å²) in [4.78, 5) is 23.9. The summed E-state index contributed by atoms with van der Waals surface area (Å²) in [5.41, 5.74) is -1.11. The molecule has 2 aliphatic rings. The summed E-state index contributed by atoms with van der Waals surface area (Å²) in [5.74, 6) is -1.03. The van der Waals surface area contributed by atoms with Crippen LogP contribution >= 0.6 is 0 Å². The van der Waals surface area contributed by atoms with Crippen molar-refractivity contribution in [2.75, 3.05) is 21.3 Å². The quantitative estimate of drug-likeness (QED) is 0.540. The Balaban J connectivity index is 2.31. The summed E-state index contributed by atoms with van der Waals surface area (Å²) in [7, 11) is 4.23. The van der Waals surface area contributed by atoms with Crippen LogP contribution in [-0.4, -0.2) is 39.4 Å². The molecule has 0 spiro atoms. The lowest BCUT2D eigenvalue weighted by Crippen LogP contribution is -2.33. The normalized spacial score (nSPS) is 33.5. The molecule has 0 radical (unpaired) electrons. The van der Waals surface area contributed by atoms with Crippen LogP contribution in [0.5, 0.6) is 0 Å². The molecule has 0 amide bonds. The van der Waals surface area contributed by atoms with E-state index in [1.54, 1.807) is 7.11 Å². The molecule has 0 aliphatic heterocycles. The van der Waals surface area contributed by atoms with Gasteiger partial charge < -0.3 is 14.2 Å². The van der Waals surface area contributed by atoms with Crippen molar-refractivity contribution in [1.82, 2.24) is 0 Å². The fourth-order valence-corrected chi connectivity index (χ4v) is 3.43. The summed E-state index contributed by atoms with van der Waals surface area (Å²) >= 11 is 0. The molecule has 0 aromatic carbocycles. The molecule has 2 fully saturated rings. The monoisotopic (exact) mass is 242 g/mol. The van der Waals surface area contributed by atoms with Gasteiger partial charge in [-0.25, -0.2) is 0 Å². The third-order valence-electron chi connectivity index (χ3n) is 4.19. The van der Waals surface area contributed by atoms with E-state index in [0.717, 1.165) is 19.3 Å². The third kappa shape index (κ3) is 1.48. The van der Waals surface area contributed by atoms with Crippen molar-refractivity contribution in [3.8, 4) is 0 Å². The molecular formula is C12H18O5. The van der Waals surface area contributed by atoms with Gasteiger partial charge in [0.2, 0.25) is 0 Å². The van der Waals surface area contributed by atoms with Crippen LogP contribution in [0.15, 0.2) is 0 Å². The first kappa shape index (κ1) is 12.4. The van der Waals surface area contributed by atoms with E-state index in [1.807, 2.05) is 0 Å². The smallest absolute Gasteiger partial charge is 0.323 e. The molecule has 0 aromatic heterocycles. The van der Waals surface area contributed by atoms with E-state index >= 15 is 0 Å². The minimum absolute atomic E-state index is 0.0149. The van der Waals surface area contributed by atoms with E-state index in [4.69, 9.17) is 14.2 Å². The first-order valence-electron chi connectivity index (χ1n) is 5.84. The molecule has 3 unspecified atom stereocenters. The Labute approximate surface area is 100 Å². The van der Waals surface area contributed by atoms with Gasteiger partial charge >= 0.3 is 11.9 Å². The van der Waals surface area contributed by atoms with Gasteiger partial charge in [-0.3, -0.25) is 9.59 Å². The second-order valence-electron chi connectivity index (χ2n) is 4.69. The number of methoxy groups -OCH3 is 3. The molecule has 0 saturated heterocycles. The van der Waals surface area contributed by atoms with Gasteiger partial charge in [0, 0.05) is 13.0 Å². The predicted molar refractivity (Wildman–Crippen MR) is 58.1 cm³/mol. The third-order valence-corrected chi connectivity index (χ3v) is 4.19. The van der Waals surface area contributed by atoms with Crippen molar-refractivity contribution in [1.29, 1.82) is 0 Å². The first-order chi connectivity index (χ1) is 8.14. The van der Waals surface area contributed by atoms with E-state index in [1.165, 1.54) is 14.2 Å². The van der Waals surface area contributed by atoms with Crippen LogP contribution < -0.4 is 0 Å². The van der Waals surface area contributed by atoms with Crippen LogP contribution in [0, 0.1) is 17.3 Å². The number of ether oxygens (including phenoxy) is 3. The molecule has 2 rings (SSSR count). The standard InChI is InChI=1S/C12H18O5/c1-15-8-6-4-5-7-9(8)12(7,10(13)16-2)11(14)17-3/h7-9H,4-6H2,1-3H3. The summed E-state index contributed by atoms with van der Waals surface area (Å²) in [6, 6.07) is 0. The van der Waals surface area contributed by atoms with Crippen LogP contribution in [0.3, 0.4) is 0 Å². The Kier molecular flexibility index (Phi) is 3.12. The van der Waals surface area contributed by atoms with Crippen LogP contribution in [0.25, 0.3) is 0 Å². The molecule has 5 heteroatoms. The molecule has 3 atom stereocenters. The van der Waals surface area contributed by atoms with Crippen molar-refractivity contribution >= 4 is 11.9 Å². The zero-order chi connectivity index (χ0) is 12.6. The molecule has 17 heavy (non-hydrogen) atoms. The number of hydrogen-bond acceptors (Lipinski definition) is 5. The molecule has 0 bridgehead atoms. The molecular weight excluding hydrogens is 224 g/mol. The number of carbonyl (C=O) groups excluding carboxylic acids is 2. The topological polar surface area (TPSA) is 61.8 Å². The van der Waals surface area contributed by atoms with Crippen LogP contribution in [0.1, 0.15) is 19.3 Å². The summed E-state index contributed by atoms with van der Waals surface area (Å²) in [5, 5.41) is 0. The summed E-state index contributed by atoms with van der Waals surface area (Å²) in [6.07, 6.45) is 2.66. The number of carbonyl (C=O) groups is 2. The number of esters is 2. The molecule has 96 valence electrons. The largest absolute Gasteiger partial charge is 0.468 e. The highest BCUT2D eigenvalue weighted by molar-refractivity contribution is 6.04. The van der Waals surface area contributed by atoms with Crippen molar-refractivity contribution in [3.05, 3.63) is 0 Å². The van der Waals surface area contributed by atoms with Gasteiger partial charge in [-0.15, -0.1) is 0 Å². The summed E-state index contributed by atoms with van der Waals surface area (Å²) in [6.45, 7) is 0. The van der Waals surface area contributed by atoms with Crippen molar-refractivity contribution in [2.24, 2.45) is 17.3 Å². The maximum absolute atomic E-state index is 11.9. The van der Waals surface area contributed by atoms with E-state index in [-0.39, 0.29) is 17.9 Å². The highest BCUT2D eigenvalue weighted by atomic mass is 16.5. The molecule has 0 N–H and O–H groups in total. The van der Waals surface area contributed by atoms with E-state index < -0.39 is 17.4 Å². The lowest BCUT2D eigenvalue weighted by molar-refractivity contribution is -0.163. The second kappa shape index (κ2) is 4.29. The van der Waals surface area contributed by atoms with E-state index in [2.05, 4.69) is 0 Å². The highest BCUT2D eigenvalue weighted by Crippen LogP contribution is 2.67. The summed E-state index contributed by atoms with van der Waals surface area (Å²) < 4.78 is 15.0. The molecule has 2 saturated carbocycles. The van der Waals surface area contributed by atoms with Gasteiger partial charge in [-0.05, 0) is 18.8 Å². The Morgan fingerprint density at radius 3 is 2.12 bits per heavy atom. The average molecular weight is 242 g/mol. The number of hydrogen-bond donors (Lipinski definition) is 0. The van der Waals surface area contributed by atoms with Gasteiger partial charge in [-0.2, -0.15) is 0 Å². The second-order valence-corrected chi connectivity index (χ2v) is 4.69. The SMILES string of the molecule is COC(=O)C1(C(=O)OC)C2CCCC(OC)C21. The Hall–Kier alpha value is -1.10. The minimum atomic E-state index is -1.11. The van der Waals surface area contributed by atoms with Crippen LogP contribution in [0.4, 0.5) is 0 Å². The number of rotatable bonds is 3. The molecule has 2 aliphatic carbocycles. The minimum Gasteiger partial charge on any atom is -0.468 e. The lowest BCUT2D eigenvalue weighted by atomic mass is 9.97. The Bertz CT molecular complexity index is 322. The zero-order valence-electron chi connectivity index (χ0n) is 10.4. The van der Waals surface area contributed by atoms with Crippen molar-refractivity contribution in [3.63, 3.8) is 0 Å². The van der Waals surface area contributed by atoms with Crippen LogP contribution in [0.2, 0.25) is 0 Å². The average Bonchev–Trinajstić information content (AvgIpc) is 3.06. The Morgan fingerprint density at radius 1 is 1.06 bits per heavy atom. The molecule has 5 nitrogen and oxygen atoms in total. The van der Waals surface area contributed by atoms with Crippen LogP contribution in [-0.2, 0) is 23.8 Å². The maximum atomic E-state index is 11.9. The van der Waals surface area contributed by atoms with Gasteiger partial charge in [0.05, 0.1) is 20.3 Å². The number of fused-ring (bicyclic) bond motifs is 1. The first-order valence-corrected chi connectivity index (χ1v) is 5.84. The van der Waals surface area contributed by atoms with E-state index in [9.17, 15) is 9.59 Å². The van der Waals surface area contributed by atoms with Gasteiger partial charge in [0.15, 0.2) is 5.41 Å². The molecule has 0 heterocycles. The Morgan fingerprint density at radius 2 is 1.65 bits per heavy atom. The van der Waals surface area contributed by atoms with E-state index in [0.29, 0.717) is 0 Å². The van der Waals surface area contributed by atoms with Crippen molar-refractivity contribution < 1.29 is 23.8 Å². The fourth-order valence-electron chi connectivity index (χ4n) is 3.43. The molecule has 0 aromatic rings. The fraction of sp³-hybridized carbons (Fsp3) is 0.833. The predicted octanol–water partition coefficient (Wildman–Crippen LogP) is 0.764. The maximum Gasteiger partial charge on any atom is 0.323 e. The highest BCUT2D eigenvalue weighted by Gasteiger charge is 2.78.